The Hall–Kier alpha value is -6.39. The summed E-state index contributed by atoms with van der Waals surface area (Å²) >= 11 is 1.93. The molecule has 2 unspecified atom stereocenters. The minimum atomic E-state index is -0.186. The molecule has 14 nitrogen and oxygen atoms in total. The van der Waals surface area contributed by atoms with Gasteiger partial charge in [-0.3, -0.25) is 29.4 Å². The molecule has 4 aliphatic heterocycles. The van der Waals surface area contributed by atoms with Gasteiger partial charge in [0.25, 0.3) is 11.8 Å². The number of aliphatic imine (C=N–C) groups is 2. The maximum absolute atomic E-state index is 14.2. The average molecular weight is 982 g/mol. The van der Waals surface area contributed by atoms with Crippen LogP contribution in [0, 0.1) is 0 Å². The normalized spacial score (nSPS) is 16.5. The number of ether oxygens (including phenoxy) is 7. The van der Waals surface area contributed by atoms with Crippen molar-refractivity contribution in [2.75, 3.05) is 82.2 Å². The first kappa shape index (κ1) is 49.6. The molecule has 4 heterocycles. The van der Waals surface area contributed by atoms with E-state index in [2.05, 4.69) is 62.9 Å². The summed E-state index contributed by atoms with van der Waals surface area (Å²) in [5, 5.41) is 0.419. The van der Waals surface area contributed by atoms with Gasteiger partial charge >= 0.3 is 0 Å². The van der Waals surface area contributed by atoms with Crippen LogP contribution in [0.15, 0.2) is 101 Å². The quantitative estimate of drug-likeness (QED) is 0.0614. The molecule has 0 aliphatic carbocycles. The average Bonchev–Trinajstić information content (AvgIpc) is 3.85. The molecule has 4 aliphatic rings. The maximum atomic E-state index is 14.2. The second-order valence-corrected chi connectivity index (χ2v) is 21.2. The van der Waals surface area contributed by atoms with Gasteiger partial charge < -0.3 is 38.1 Å². The number of hydrogen-bond acceptors (Lipinski definition) is 13. The van der Waals surface area contributed by atoms with Crippen LogP contribution in [0.1, 0.15) is 70.7 Å². The lowest BCUT2D eigenvalue weighted by Crippen LogP contribution is -2.39. The van der Waals surface area contributed by atoms with E-state index in [9.17, 15) is 9.59 Å². The largest absolute Gasteiger partial charge is 0.493 e. The molecule has 2 amide bonds. The van der Waals surface area contributed by atoms with E-state index in [0.29, 0.717) is 103 Å². The SMILES string of the molecule is COCCOCCOCCN(CC(C)(C)SC(C)C)c1cc(COc2cc3c(cc2OC)C(=O)N2c4ccccc4CC2C=N3)cc(COc2cc3c(cc2OC)C(=O)N2c4ccccc4CC2C=N3)c1. The first-order valence-electron chi connectivity index (χ1n) is 24.2. The first-order chi connectivity index (χ1) is 34.4. The zero-order valence-corrected chi connectivity index (χ0v) is 42.5. The Morgan fingerprint density at radius 1 is 0.648 bits per heavy atom. The number of thioether (sulfide) groups is 1. The summed E-state index contributed by atoms with van der Waals surface area (Å²) in [5.41, 5.74) is 8.69. The highest BCUT2D eigenvalue weighted by Crippen LogP contribution is 2.43. The molecule has 0 saturated heterocycles. The molecule has 5 aromatic carbocycles. The Bertz CT molecular complexity index is 2650. The third-order valence-electron chi connectivity index (χ3n) is 12.9. The van der Waals surface area contributed by atoms with Gasteiger partial charge in [-0.25, -0.2) is 0 Å². The fourth-order valence-corrected chi connectivity index (χ4v) is 11.4. The summed E-state index contributed by atoms with van der Waals surface area (Å²) in [5.74, 6) is 1.51. The fraction of sp³-hybridized carbons (Fsp3) is 0.393. The van der Waals surface area contributed by atoms with Gasteiger partial charge in [0.2, 0.25) is 0 Å². The van der Waals surface area contributed by atoms with Gasteiger partial charge in [-0.05, 0) is 83.8 Å². The number of amides is 2. The van der Waals surface area contributed by atoms with Gasteiger partial charge in [-0.2, -0.15) is 11.8 Å². The van der Waals surface area contributed by atoms with E-state index in [-0.39, 0.29) is 41.9 Å². The van der Waals surface area contributed by atoms with Crippen molar-refractivity contribution in [3.05, 3.63) is 124 Å². The summed E-state index contributed by atoms with van der Waals surface area (Å²) in [6.07, 6.45) is 5.10. The summed E-state index contributed by atoms with van der Waals surface area (Å²) in [4.78, 5) is 44.0. The summed E-state index contributed by atoms with van der Waals surface area (Å²) in [6.45, 7) is 13.1. The van der Waals surface area contributed by atoms with Gasteiger partial charge in [0, 0.05) is 79.4 Å². The van der Waals surface area contributed by atoms with E-state index in [4.69, 9.17) is 43.1 Å². The minimum absolute atomic E-state index is 0.116. The maximum Gasteiger partial charge on any atom is 0.261 e. The van der Waals surface area contributed by atoms with E-state index in [1.165, 1.54) is 0 Å². The van der Waals surface area contributed by atoms with Crippen molar-refractivity contribution in [3.8, 4) is 23.0 Å². The number of carbonyl (C=O) groups is 2. The van der Waals surface area contributed by atoms with Crippen LogP contribution < -0.4 is 33.6 Å². The van der Waals surface area contributed by atoms with E-state index in [1.807, 2.05) is 70.4 Å². The van der Waals surface area contributed by atoms with Crippen molar-refractivity contribution in [1.82, 2.24) is 0 Å². The molecule has 0 saturated carbocycles. The standard InChI is InChI=1S/C56H63N5O9S/c1-36(2)71-56(3,4)35-59(16-17-67-20-21-68-19-18-64-5)41-23-37(33-69-52-29-46-44(27-50(52)65-6)54(62)60-42(31-57-46)25-39-12-8-10-14-48(39)60)22-38(24-41)34-70-53-30-47-45(28-51(53)66-7)55(63)61-43(32-58-47)26-40-13-9-11-15-49(40)61/h8-15,22-24,27-32,36,42-43H,16-21,25-26,33-35H2,1-7H3. The van der Waals surface area contributed by atoms with E-state index in [1.54, 1.807) is 45.6 Å². The number of para-hydroxylation sites is 2. The molecule has 0 aromatic heterocycles. The van der Waals surface area contributed by atoms with Crippen molar-refractivity contribution in [3.63, 3.8) is 0 Å². The van der Waals surface area contributed by atoms with Gasteiger partial charge in [0.15, 0.2) is 23.0 Å². The molecule has 0 fully saturated rings. The number of methoxy groups -OCH3 is 3. The Balaban J connectivity index is 1.01. The highest BCUT2D eigenvalue weighted by molar-refractivity contribution is 8.01. The summed E-state index contributed by atoms with van der Waals surface area (Å²) in [6, 6.07) is 29.0. The smallest absolute Gasteiger partial charge is 0.261 e. The van der Waals surface area contributed by atoms with Crippen molar-refractivity contribution in [1.29, 1.82) is 0 Å². The first-order valence-corrected chi connectivity index (χ1v) is 25.1. The second kappa shape index (κ2) is 21.9. The van der Waals surface area contributed by atoms with Gasteiger partial charge in [-0.15, -0.1) is 0 Å². The van der Waals surface area contributed by atoms with Crippen molar-refractivity contribution in [2.24, 2.45) is 9.98 Å². The monoisotopic (exact) mass is 981 g/mol. The third kappa shape index (κ3) is 11.1. The highest BCUT2D eigenvalue weighted by Gasteiger charge is 2.38. The number of hydrogen-bond donors (Lipinski definition) is 0. The number of benzene rings is 5. The molecule has 372 valence electrons. The molecule has 0 radical (unpaired) electrons. The summed E-state index contributed by atoms with van der Waals surface area (Å²) in [7, 11) is 4.81. The zero-order valence-electron chi connectivity index (χ0n) is 41.6. The number of rotatable bonds is 22. The lowest BCUT2D eigenvalue weighted by atomic mass is 10.1. The van der Waals surface area contributed by atoms with Gasteiger partial charge in [0.1, 0.15) is 13.2 Å². The predicted octanol–water partition coefficient (Wildman–Crippen LogP) is 9.84. The van der Waals surface area contributed by atoms with Gasteiger partial charge in [0.05, 0.1) is 81.8 Å². The molecule has 71 heavy (non-hydrogen) atoms. The molecule has 15 heteroatoms. The van der Waals surface area contributed by atoms with Crippen LogP contribution in [-0.2, 0) is 40.3 Å². The van der Waals surface area contributed by atoms with E-state index < -0.39 is 0 Å². The molecule has 9 rings (SSSR count). The lowest BCUT2D eigenvalue weighted by Gasteiger charge is -2.35. The Kier molecular flexibility index (Phi) is 15.3. The zero-order chi connectivity index (χ0) is 49.6. The number of carbonyl (C=O) groups excluding carboxylic acids is 2. The number of nitrogens with zero attached hydrogens (tertiary/aromatic N) is 5. The number of fused-ring (bicyclic) bond motifs is 8. The Labute approximate surface area is 420 Å². The predicted molar refractivity (Wildman–Crippen MR) is 281 cm³/mol. The van der Waals surface area contributed by atoms with Crippen LogP contribution in [0.2, 0.25) is 0 Å². The van der Waals surface area contributed by atoms with Crippen LogP contribution in [0.4, 0.5) is 28.4 Å². The van der Waals surface area contributed by atoms with Crippen molar-refractivity contribution >= 4 is 64.4 Å². The molecule has 2 atom stereocenters. The van der Waals surface area contributed by atoms with Gasteiger partial charge in [-0.1, -0.05) is 50.2 Å². The molecule has 0 bridgehead atoms. The Morgan fingerprint density at radius 2 is 1.14 bits per heavy atom. The minimum Gasteiger partial charge on any atom is -0.493 e. The number of anilines is 3. The van der Waals surface area contributed by atoms with Crippen LogP contribution in [0.25, 0.3) is 0 Å². The third-order valence-corrected chi connectivity index (χ3v) is 14.1. The topological polar surface area (TPSA) is 133 Å². The summed E-state index contributed by atoms with van der Waals surface area (Å²) < 4.78 is 41.8. The highest BCUT2D eigenvalue weighted by atomic mass is 32.2. The Morgan fingerprint density at radius 3 is 1.63 bits per heavy atom. The lowest BCUT2D eigenvalue weighted by molar-refractivity contribution is 0.0264. The molecular weight excluding hydrogens is 919 g/mol. The van der Waals surface area contributed by atoms with Crippen molar-refractivity contribution < 1.29 is 42.7 Å². The van der Waals surface area contributed by atoms with Crippen LogP contribution >= 0.6 is 11.8 Å². The van der Waals surface area contributed by atoms with Crippen molar-refractivity contribution in [2.45, 2.75) is 75.8 Å². The van der Waals surface area contributed by atoms with Crippen LogP contribution in [-0.4, -0.2) is 114 Å². The van der Waals surface area contributed by atoms with Crippen LogP contribution in [0.5, 0.6) is 23.0 Å². The molecule has 5 aromatic rings. The van der Waals surface area contributed by atoms with E-state index >= 15 is 0 Å². The molecule has 0 N–H and O–H groups in total. The molecule has 0 spiro atoms. The molecular formula is C56H63N5O9S. The van der Waals surface area contributed by atoms with Crippen LogP contribution in [0.3, 0.4) is 0 Å². The fourth-order valence-electron chi connectivity index (χ4n) is 9.87. The van der Waals surface area contributed by atoms with E-state index in [0.717, 1.165) is 45.9 Å². The second-order valence-electron chi connectivity index (χ2n) is 18.9.